The molecule has 1 saturated carbocycles. The molecule has 1 aliphatic carbocycles. The predicted molar refractivity (Wildman–Crippen MR) is 159 cm³/mol. The highest BCUT2D eigenvalue weighted by Gasteiger charge is 2.55. The van der Waals surface area contributed by atoms with Gasteiger partial charge in [0, 0.05) is 11.3 Å². The van der Waals surface area contributed by atoms with E-state index in [9.17, 15) is 36.0 Å². The van der Waals surface area contributed by atoms with Gasteiger partial charge in [0.2, 0.25) is 5.66 Å². The number of rotatable bonds is 6. The number of carbonyl (C=O) groups excluding carboxylic acids is 3. The number of anilines is 1. The molecule has 3 heterocycles. The van der Waals surface area contributed by atoms with Crippen LogP contribution in [0.2, 0.25) is 0 Å². The highest BCUT2D eigenvalue weighted by Crippen LogP contribution is 2.42. The van der Waals surface area contributed by atoms with Crippen molar-refractivity contribution in [3.8, 4) is 0 Å². The molecule has 0 aromatic heterocycles. The zero-order chi connectivity index (χ0) is 32.4. The molecule has 45 heavy (non-hydrogen) atoms. The van der Waals surface area contributed by atoms with Crippen LogP contribution in [-0.2, 0) is 32.0 Å². The third-order valence-electron chi connectivity index (χ3n) is 9.30. The maximum atomic E-state index is 13.4. The van der Waals surface area contributed by atoms with Crippen LogP contribution in [-0.4, -0.2) is 54.4 Å². The molecule has 3 aliphatic heterocycles. The predicted octanol–water partition coefficient (Wildman–Crippen LogP) is 3.14. The summed E-state index contributed by atoms with van der Waals surface area (Å²) in [6.07, 6.45) is -1.43. The van der Waals surface area contributed by atoms with E-state index in [1.807, 2.05) is 26.0 Å². The fraction of sp³-hybridized carbons (Fsp3) is 0.467. The molecule has 2 saturated heterocycles. The molecule has 2 unspecified atom stereocenters. The molecule has 4 aliphatic rings. The second kappa shape index (κ2) is 10.9. The number of benzene rings is 2. The SMILES string of the molecule is Cc1cc(N2C(=O)NC(=O)C23CCCC3)cc(C)c1CCS(=O)(=O)C1CCC2(N=C(c3cccc(C(F)(F)F)c3)NC2=O)NN1. The molecule has 0 radical (unpaired) electrons. The summed E-state index contributed by atoms with van der Waals surface area (Å²) < 4.78 is 66.3. The smallest absolute Gasteiger partial charge is 0.307 e. The molecule has 2 aromatic carbocycles. The van der Waals surface area contributed by atoms with E-state index in [1.165, 1.54) is 12.1 Å². The molecule has 2 spiro atoms. The van der Waals surface area contributed by atoms with Crippen LogP contribution in [0.1, 0.15) is 66.3 Å². The number of halogens is 3. The molecule has 6 rings (SSSR count). The number of hydrogen-bond acceptors (Lipinski definition) is 8. The number of carbonyl (C=O) groups is 3. The molecule has 2 aromatic rings. The lowest BCUT2D eigenvalue weighted by atomic mass is 9.93. The number of amidine groups is 1. The lowest BCUT2D eigenvalue weighted by molar-refractivity contribution is -0.137. The number of sulfone groups is 1. The molecule has 0 bridgehead atoms. The van der Waals surface area contributed by atoms with Gasteiger partial charge in [0.25, 0.3) is 11.8 Å². The molecule has 15 heteroatoms. The van der Waals surface area contributed by atoms with E-state index in [0.717, 1.165) is 41.7 Å². The second-order valence-corrected chi connectivity index (χ2v) is 14.5. The van der Waals surface area contributed by atoms with Crippen molar-refractivity contribution in [3.63, 3.8) is 0 Å². The minimum atomic E-state index is -4.56. The number of hydrazine groups is 1. The Balaban J connectivity index is 1.13. The Labute approximate surface area is 257 Å². The Hall–Kier alpha value is -3.82. The van der Waals surface area contributed by atoms with E-state index in [-0.39, 0.29) is 42.3 Å². The number of urea groups is 1. The zero-order valence-corrected chi connectivity index (χ0v) is 25.5. The van der Waals surface area contributed by atoms with Gasteiger partial charge in [0.1, 0.15) is 16.7 Å². The summed E-state index contributed by atoms with van der Waals surface area (Å²) in [5.41, 5.74) is 5.20. The Morgan fingerprint density at radius 2 is 1.67 bits per heavy atom. The summed E-state index contributed by atoms with van der Waals surface area (Å²) >= 11 is 0. The Kier molecular flexibility index (Phi) is 7.56. The number of aryl methyl sites for hydroxylation is 2. The van der Waals surface area contributed by atoms with Crippen LogP contribution in [0.25, 0.3) is 0 Å². The normalized spacial score (nSPS) is 24.8. The molecule has 240 valence electrons. The monoisotopic (exact) mass is 646 g/mol. The van der Waals surface area contributed by atoms with Crippen molar-refractivity contribution in [2.24, 2.45) is 4.99 Å². The van der Waals surface area contributed by atoms with Crippen LogP contribution in [0.15, 0.2) is 41.4 Å². The van der Waals surface area contributed by atoms with E-state index in [4.69, 9.17) is 0 Å². The topological polar surface area (TPSA) is 149 Å². The standard InChI is InChI=1S/C30H33F3N6O5S/c1-17-14-21(39-27(42)35-25(40)28(39)10-3-4-11-28)15-18(2)22(17)9-13-45(43,44)23-8-12-29(38-37-23)26(41)34-24(36-29)19-6-5-7-20(16-19)30(31,32)33/h5-7,14-16,23,37-38H,3-4,8-13H2,1-2H3,(H,34,36,41)(H,35,40,42). The summed E-state index contributed by atoms with van der Waals surface area (Å²) in [5, 5.41) is 3.94. The highest BCUT2D eigenvalue weighted by molar-refractivity contribution is 7.91. The van der Waals surface area contributed by atoms with Crippen LogP contribution in [0.4, 0.5) is 23.7 Å². The van der Waals surface area contributed by atoms with Gasteiger partial charge >= 0.3 is 12.2 Å². The summed E-state index contributed by atoms with van der Waals surface area (Å²) in [7, 11) is -3.72. The number of nitrogens with one attached hydrogen (secondary N) is 4. The van der Waals surface area contributed by atoms with Gasteiger partial charge in [-0.2, -0.15) is 13.2 Å². The third kappa shape index (κ3) is 5.40. The van der Waals surface area contributed by atoms with Gasteiger partial charge in [-0.1, -0.05) is 25.0 Å². The van der Waals surface area contributed by atoms with Crippen molar-refractivity contribution in [1.82, 2.24) is 21.5 Å². The zero-order valence-electron chi connectivity index (χ0n) is 24.7. The summed E-state index contributed by atoms with van der Waals surface area (Å²) in [6, 6.07) is 7.62. The first-order valence-corrected chi connectivity index (χ1v) is 16.5. The minimum Gasteiger partial charge on any atom is -0.307 e. The average molecular weight is 647 g/mol. The highest BCUT2D eigenvalue weighted by atomic mass is 32.2. The molecule has 4 N–H and O–H groups in total. The van der Waals surface area contributed by atoms with Gasteiger partial charge in [-0.15, -0.1) is 0 Å². The summed E-state index contributed by atoms with van der Waals surface area (Å²) in [5.74, 6) is -1.11. The van der Waals surface area contributed by atoms with Crippen LogP contribution >= 0.6 is 0 Å². The second-order valence-electron chi connectivity index (χ2n) is 12.2. The minimum absolute atomic E-state index is 0.00329. The average Bonchev–Trinajstić information content (AvgIpc) is 3.65. The fourth-order valence-corrected chi connectivity index (χ4v) is 8.37. The number of aliphatic imine (C=N–C) groups is 1. The van der Waals surface area contributed by atoms with E-state index >= 15 is 0 Å². The van der Waals surface area contributed by atoms with E-state index in [0.29, 0.717) is 18.5 Å². The number of amides is 4. The first-order chi connectivity index (χ1) is 21.2. The summed E-state index contributed by atoms with van der Waals surface area (Å²) in [6.45, 7) is 3.69. The van der Waals surface area contributed by atoms with Gasteiger partial charge in [-0.25, -0.2) is 29.1 Å². The number of nitrogens with zero attached hydrogens (tertiary/aromatic N) is 2. The molecule has 3 fully saturated rings. The molecular formula is C30H33F3N6O5S. The maximum absolute atomic E-state index is 13.4. The maximum Gasteiger partial charge on any atom is 0.416 e. The van der Waals surface area contributed by atoms with E-state index in [2.05, 4.69) is 26.5 Å². The van der Waals surface area contributed by atoms with E-state index in [1.54, 1.807) is 4.90 Å². The lowest BCUT2D eigenvalue weighted by Crippen LogP contribution is -2.64. The first-order valence-electron chi connectivity index (χ1n) is 14.7. The van der Waals surface area contributed by atoms with Crippen molar-refractivity contribution in [3.05, 3.63) is 64.2 Å². The van der Waals surface area contributed by atoms with Gasteiger partial charge in [-0.3, -0.25) is 19.8 Å². The Bertz CT molecular complexity index is 1700. The van der Waals surface area contributed by atoms with Crippen LogP contribution in [0.5, 0.6) is 0 Å². The fourth-order valence-electron chi connectivity index (χ4n) is 6.88. The lowest BCUT2D eigenvalue weighted by Gasteiger charge is -2.34. The van der Waals surface area contributed by atoms with Crippen molar-refractivity contribution >= 4 is 39.2 Å². The van der Waals surface area contributed by atoms with Gasteiger partial charge in [0.15, 0.2) is 9.84 Å². The Morgan fingerprint density at radius 1 is 0.978 bits per heavy atom. The Morgan fingerprint density at radius 3 is 2.29 bits per heavy atom. The number of alkyl halides is 3. The quantitative estimate of drug-likeness (QED) is 0.353. The molecule has 2 atom stereocenters. The van der Waals surface area contributed by atoms with Crippen molar-refractivity contribution < 1.29 is 36.0 Å². The van der Waals surface area contributed by atoms with Crippen LogP contribution < -0.4 is 26.4 Å². The van der Waals surface area contributed by atoms with Crippen molar-refractivity contribution in [2.75, 3.05) is 10.7 Å². The summed E-state index contributed by atoms with van der Waals surface area (Å²) in [4.78, 5) is 44.2. The van der Waals surface area contributed by atoms with Crippen molar-refractivity contribution in [2.45, 2.75) is 81.5 Å². The molecule has 4 amide bonds. The molecular weight excluding hydrogens is 613 g/mol. The molecule has 11 nitrogen and oxygen atoms in total. The first kappa shape index (κ1) is 31.2. The van der Waals surface area contributed by atoms with Crippen LogP contribution in [0.3, 0.4) is 0 Å². The van der Waals surface area contributed by atoms with Crippen LogP contribution in [0, 0.1) is 13.8 Å². The van der Waals surface area contributed by atoms with Gasteiger partial charge in [-0.05, 0) is 86.9 Å². The number of hydrogen-bond donors (Lipinski definition) is 4. The van der Waals surface area contributed by atoms with E-state index < -0.39 is 50.1 Å². The van der Waals surface area contributed by atoms with Crippen molar-refractivity contribution in [1.29, 1.82) is 0 Å². The largest absolute Gasteiger partial charge is 0.416 e. The third-order valence-corrected chi connectivity index (χ3v) is 11.3. The number of imide groups is 1. The van der Waals surface area contributed by atoms with Gasteiger partial charge in [0.05, 0.1) is 11.3 Å². The van der Waals surface area contributed by atoms with Gasteiger partial charge < -0.3 is 5.32 Å².